The van der Waals surface area contributed by atoms with Crippen LogP contribution in [0.4, 0.5) is 11.4 Å². The van der Waals surface area contributed by atoms with Crippen LogP contribution in [0.1, 0.15) is 31.1 Å². The number of nitrogens with zero attached hydrogens (tertiary/aromatic N) is 2. The fourth-order valence-electron chi connectivity index (χ4n) is 2.48. The first-order valence-corrected chi connectivity index (χ1v) is 6.60. The van der Waals surface area contributed by atoms with Crippen LogP contribution in [-0.2, 0) is 4.79 Å². The van der Waals surface area contributed by atoms with Crippen LogP contribution in [0.2, 0.25) is 0 Å². The zero-order chi connectivity index (χ0) is 15.8. The number of hydrogen-bond acceptors (Lipinski definition) is 5. The molecule has 0 aromatic heterocycles. The van der Waals surface area contributed by atoms with Gasteiger partial charge in [0, 0.05) is 24.8 Å². The number of carbonyl (C=O) groups is 2. The molecule has 21 heavy (non-hydrogen) atoms. The van der Waals surface area contributed by atoms with Crippen molar-refractivity contribution in [2.24, 2.45) is 0 Å². The Bertz CT molecular complexity index is 625. The van der Waals surface area contributed by atoms with Crippen LogP contribution >= 0.6 is 0 Å². The summed E-state index contributed by atoms with van der Waals surface area (Å²) in [6, 6.07) is 4.38. The first kappa shape index (κ1) is 15.0. The molecule has 1 heterocycles. The van der Waals surface area contributed by atoms with Gasteiger partial charge in [-0.05, 0) is 32.9 Å². The van der Waals surface area contributed by atoms with Gasteiger partial charge in [-0.1, -0.05) is 0 Å². The summed E-state index contributed by atoms with van der Waals surface area (Å²) in [6.45, 7) is 5.91. The van der Waals surface area contributed by atoms with Crippen LogP contribution in [0.25, 0.3) is 0 Å². The largest absolute Gasteiger partial charge is 0.356 e. The Kier molecular flexibility index (Phi) is 3.67. The predicted molar refractivity (Wildman–Crippen MR) is 77.5 cm³/mol. The minimum Gasteiger partial charge on any atom is -0.356 e. The summed E-state index contributed by atoms with van der Waals surface area (Å²) < 4.78 is 0. The molecule has 1 amide bonds. The van der Waals surface area contributed by atoms with E-state index < -0.39 is 10.5 Å². The lowest BCUT2D eigenvalue weighted by Crippen LogP contribution is -2.62. The molecule has 0 bridgehead atoms. The normalized spacial score (nSPS) is 17.3. The number of anilines is 1. The highest BCUT2D eigenvalue weighted by Gasteiger charge is 2.38. The molecule has 0 radical (unpaired) electrons. The van der Waals surface area contributed by atoms with Crippen molar-refractivity contribution >= 4 is 23.1 Å². The third kappa shape index (κ3) is 2.58. The van der Waals surface area contributed by atoms with E-state index in [1.807, 2.05) is 4.90 Å². The molecule has 112 valence electrons. The van der Waals surface area contributed by atoms with Crippen molar-refractivity contribution in [3.05, 3.63) is 33.9 Å². The number of carbonyl (C=O) groups excluding carboxylic acids is 2. The number of Topliss-reactive ketones (excluding diaryl/α,β-unsaturated/α-hetero) is 1. The topological polar surface area (TPSA) is 92.6 Å². The number of ketones is 1. The van der Waals surface area contributed by atoms with Gasteiger partial charge in [-0.15, -0.1) is 0 Å². The fraction of sp³-hybridized carbons (Fsp3) is 0.429. The molecule has 1 aromatic rings. The minimum atomic E-state index is -0.775. The van der Waals surface area contributed by atoms with Crippen molar-refractivity contribution in [3.8, 4) is 0 Å². The minimum absolute atomic E-state index is 0.0549. The van der Waals surface area contributed by atoms with E-state index in [4.69, 9.17) is 0 Å². The predicted octanol–water partition coefficient (Wildman–Crippen LogP) is 1.51. The number of benzene rings is 1. The van der Waals surface area contributed by atoms with E-state index in [-0.39, 0.29) is 22.9 Å². The molecule has 7 heteroatoms. The maximum Gasteiger partial charge on any atom is 0.280 e. The van der Waals surface area contributed by atoms with Gasteiger partial charge in [0.2, 0.25) is 5.91 Å². The highest BCUT2D eigenvalue weighted by molar-refractivity contribution is 5.99. The Morgan fingerprint density at radius 3 is 2.67 bits per heavy atom. The Morgan fingerprint density at radius 2 is 2.10 bits per heavy atom. The molecule has 0 unspecified atom stereocenters. The van der Waals surface area contributed by atoms with E-state index in [9.17, 15) is 19.7 Å². The molecule has 0 saturated carbocycles. The molecule has 1 fully saturated rings. The van der Waals surface area contributed by atoms with Crippen LogP contribution < -0.4 is 10.2 Å². The molecule has 1 aliphatic rings. The lowest BCUT2D eigenvalue weighted by Gasteiger charge is -2.42. The van der Waals surface area contributed by atoms with Crippen LogP contribution in [0, 0.1) is 10.1 Å². The van der Waals surface area contributed by atoms with Gasteiger partial charge in [0.25, 0.3) is 5.69 Å². The van der Waals surface area contributed by atoms with Gasteiger partial charge in [-0.2, -0.15) is 0 Å². The van der Waals surface area contributed by atoms with Crippen molar-refractivity contribution in [3.63, 3.8) is 0 Å². The molecular weight excluding hydrogens is 274 g/mol. The average Bonchev–Trinajstić information content (AvgIpc) is 2.41. The van der Waals surface area contributed by atoms with Crippen molar-refractivity contribution in [2.75, 3.05) is 18.0 Å². The highest BCUT2D eigenvalue weighted by Crippen LogP contribution is 2.30. The lowest BCUT2D eigenvalue weighted by atomic mass is 9.97. The van der Waals surface area contributed by atoms with Gasteiger partial charge < -0.3 is 10.2 Å². The lowest BCUT2D eigenvalue weighted by molar-refractivity contribution is -0.385. The molecule has 7 nitrogen and oxygen atoms in total. The number of piperazine rings is 1. The second-order valence-corrected chi connectivity index (χ2v) is 5.48. The smallest absolute Gasteiger partial charge is 0.280 e. The third-order valence-electron chi connectivity index (χ3n) is 3.72. The van der Waals surface area contributed by atoms with Gasteiger partial charge in [-0.3, -0.25) is 19.7 Å². The quantitative estimate of drug-likeness (QED) is 0.517. The molecule has 0 aliphatic carbocycles. The van der Waals surface area contributed by atoms with Gasteiger partial charge >= 0.3 is 0 Å². The third-order valence-corrected chi connectivity index (χ3v) is 3.72. The van der Waals surface area contributed by atoms with E-state index in [2.05, 4.69) is 5.32 Å². The molecule has 0 atom stereocenters. The Hall–Kier alpha value is -2.44. The summed E-state index contributed by atoms with van der Waals surface area (Å²) in [5.41, 5.74) is -0.307. The molecule has 0 spiro atoms. The van der Waals surface area contributed by atoms with Crippen LogP contribution in [-0.4, -0.2) is 35.2 Å². The molecule has 1 N–H and O–H groups in total. The van der Waals surface area contributed by atoms with Crippen molar-refractivity contribution in [1.82, 2.24) is 5.32 Å². The number of amides is 1. The zero-order valence-corrected chi connectivity index (χ0v) is 12.2. The SMILES string of the molecule is CC(=O)c1cc(N2CCNC(=O)C2(C)C)ccc1[N+](=O)[O-]. The van der Waals surface area contributed by atoms with E-state index in [1.54, 1.807) is 19.9 Å². The summed E-state index contributed by atoms with van der Waals surface area (Å²) in [5, 5.41) is 13.8. The van der Waals surface area contributed by atoms with Gasteiger partial charge in [0.05, 0.1) is 10.5 Å². The van der Waals surface area contributed by atoms with Gasteiger partial charge in [-0.25, -0.2) is 0 Å². The van der Waals surface area contributed by atoms with Gasteiger partial charge in [0.15, 0.2) is 5.78 Å². The highest BCUT2D eigenvalue weighted by atomic mass is 16.6. The first-order chi connectivity index (χ1) is 9.75. The summed E-state index contributed by atoms with van der Waals surface area (Å²) in [7, 11) is 0. The van der Waals surface area contributed by atoms with Crippen LogP contribution in [0.15, 0.2) is 18.2 Å². The number of nitro groups is 1. The molecule has 1 aliphatic heterocycles. The van der Waals surface area contributed by atoms with Crippen molar-refractivity contribution in [1.29, 1.82) is 0 Å². The Morgan fingerprint density at radius 1 is 1.43 bits per heavy atom. The molecule has 2 rings (SSSR count). The number of nitrogens with one attached hydrogen (secondary N) is 1. The van der Waals surface area contributed by atoms with Crippen LogP contribution in [0.3, 0.4) is 0 Å². The summed E-state index contributed by atoms with van der Waals surface area (Å²) in [5.74, 6) is -0.487. The first-order valence-electron chi connectivity index (χ1n) is 6.60. The van der Waals surface area contributed by atoms with Crippen LogP contribution in [0.5, 0.6) is 0 Å². The number of nitro benzene ring substituents is 1. The maximum atomic E-state index is 12.0. The standard InChI is InChI=1S/C14H17N3O4/c1-9(18)11-8-10(4-5-12(11)17(20)21)16-7-6-15-13(19)14(16,2)3/h4-5,8H,6-7H2,1-3H3,(H,15,19). The summed E-state index contributed by atoms with van der Waals surface area (Å²) >= 11 is 0. The zero-order valence-electron chi connectivity index (χ0n) is 12.2. The average molecular weight is 291 g/mol. The fourth-order valence-corrected chi connectivity index (χ4v) is 2.48. The monoisotopic (exact) mass is 291 g/mol. The van der Waals surface area contributed by atoms with Crippen molar-refractivity contribution < 1.29 is 14.5 Å². The van der Waals surface area contributed by atoms with E-state index >= 15 is 0 Å². The number of rotatable bonds is 3. The van der Waals surface area contributed by atoms with E-state index in [0.29, 0.717) is 18.8 Å². The maximum absolute atomic E-state index is 12.0. The Labute approximate surface area is 122 Å². The summed E-state index contributed by atoms with van der Waals surface area (Å²) in [4.78, 5) is 35.8. The molecular formula is C14H17N3O4. The van der Waals surface area contributed by atoms with E-state index in [0.717, 1.165) is 0 Å². The Balaban J connectivity index is 2.50. The van der Waals surface area contributed by atoms with E-state index in [1.165, 1.54) is 19.1 Å². The molecule has 1 saturated heterocycles. The second kappa shape index (κ2) is 5.16. The van der Waals surface area contributed by atoms with Crippen molar-refractivity contribution in [2.45, 2.75) is 26.3 Å². The number of hydrogen-bond donors (Lipinski definition) is 1. The second-order valence-electron chi connectivity index (χ2n) is 5.48. The van der Waals surface area contributed by atoms with Gasteiger partial charge in [0.1, 0.15) is 5.54 Å². The summed E-state index contributed by atoms with van der Waals surface area (Å²) in [6.07, 6.45) is 0. The molecule has 1 aromatic carbocycles.